The first kappa shape index (κ1) is 18.1. The lowest BCUT2D eigenvalue weighted by Gasteiger charge is -2.11. The van der Waals surface area contributed by atoms with E-state index < -0.39 is 0 Å². The molecule has 4 rings (SSSR count). The third kappa shape index (κ3) is 3.11. The first-order chi connectivity index (χ1) is 13.6. The molecule has 2 aromatic heterocycles. The minimum Gasteiger partial charge on any atom is -0.465 e. The standard InChI is InChI=1S/C22H24N4O2/c1-5-27-22-24-21-18(23-4)11-17(20-14(2)25-28-15(20)3)12-19(21)26(22)13-16-9-7-6-8-10-16/h6-12,23H,5,13H2,1-4H3. The zero-order chi connectivity index (χ0) is 19.7. The van der Waals surface area contributed by atoms with Crippen LogP contribution >= 0.6 is 0 Å². The quantitative estimate of drug-likeness (QED) is 0.524. The summed E-state index contributed by atoms with van der Waals surface area (Å²) in [6, 6.07) is 15.2. The molecule has 0 aliphatic carbocycles. The van der Waals surface area contributed by atoms with E-state index in [9.17, 15) is 0 Å². The Morgan fingerprint density at radius 1 is 1.14 bits per heavy atom. The average Bonchev–Trinajstić information content (AvgIpc) is 3.22. The zero-order valence-corrected chi connectivity index (χ0v) is 16.6. The van der Waals surface area contributed by atoms with Gasteiger partial charge in [0.1, 0.15) is 11.3 Å². The van der Waals surface area contributed by atoms with Gasteiger partial charge in [0.2, 0.25) is 0 Å². The maximum absolute atomic E-state index is 5.86. The molecule has 2 heterocycles. The van der Waals surface area contributed by atoms with Gasteiger partial charge >= 0.3 is 0 Å². The van der Waals surface area contributed by atoms with Crippen molar-refractivity contribution in [3.8, 4) is 17.1 Å². The van der Waals surface area contributed by atoms with Crippen LogP contribution in [-0.4, -0.2) is 28.4 Å². The third-order valence-electron chi connectivity index (χ3n) is 4.87. The van der Waals surface area contributed by atoms with Crippen LogP contribution < -0.4 is 10.1 Å². The topological polar surface area (TPSA) is 65.1 Å². The van der Waals surface area contributed by atoms with Gasteiger partial charge in [-0.3, -0.25) is 4.57 Å². The molecule has 0 amide bonds. The van der Waals surface area contributed by atoms with E-state index in [4.69, 9.17) is 14.2 Å². The largest absolute Gasteiger partial charge is 0.465 e. The van der Waals surface area contributed by atoms with Gasteiger partial charge in [-0.2, -0.15) is 4.98 Å². The fourth-order valence-electron chi connectivity index (χ4n) is 3.59. The van der Waals surface area contributed by atoms with Crippen LogP contribution in [0.1, 0.15) is 23.9 Å². The number of ether oxygens (including phenoxy) is 1. The van der Waals surface area contributed by atoms with E-state index in [1.165, 1.54) is 5.56 Å². The van der Waals surface area contributed by atoms with Crippen LogP contribution in [0.3, 0.4) is 0 Å². The number of hydrogen-bond donors (Lipinski definition) is 1. The van der Waals surface area contributed by atoms with Crippen LogP contribution in [-0.2, 0) is 6.54 Å². The molecule has 1 N–H and O–H groups in total. The predicted molar refractivity (Wildman–Crippen MR) is 111 cm³/mol. The highest BCUT2D eigenvalue weighted by molar-refractivity contribution is 5.94. The molecule has 2 aromatic carbocycles. The van der Waals surface area contributed by atoms with Crippen molar-refractivity contribution in [3.05, 3.63) is 59.5 Å². The number of nitrogens with zero attached hydrogens (tertiary/aromatic N) is 3. The number of anilines is 1. The number of aromatic nitrogens is 3. The Labute approximate surface area is 164 Å². The number of fused-ring (bicyclic) bond motifs is 1. The summed E-state index contributed by atoms with van der Waals surface area (Å²) in [6.45, 7) is 7.11. The van der Waals surface area contributed by atoms with Crippen LogP contribution in [0.25, 0.3) is 22.2 Å². The molecule has 0 bridgehead atoms. The smallest absolute Gasteiger partial charge is 0.297 e. The van der Waals surface area contributed by atoms with Crippen LogP contribution in [0.15, 0.2) is 47.0 Å². The number of rotatable bonds is 6. The SMILES string of the molecule is CCOc1nc2c(NC)cc(-c3c(C)noc3C)cc2n1Cc1ccccc1. The molecular weight excluding hydrogens is 352 g/mol. The van der Waals surface area contributed by atoms with Gasteiger partial charge in [-0.05, 0) is 44.0 Å². The molecule has 0 fully saturated rings. The summed E-state index contributed by atoms with van der Waals surface area (Å²) in [4.78, 5) is 4.78. The molecule has 0 aliphatic heterocycles. The number of nitrogens with one attached hydrogen (secondary N) is 1. The molecule has 6 heteroatoms. The maximum atomic E-state index is 5.86. The zero-order valence-electron chi connectivity index (χ0n) is 16.6. The lowest BCUT2D eigenvalue weighted by atomic mass is 10.0. The molecule has 6 nitrogen and oxygen atoms in total. The van der Waals surface area contributed by atoms with Crippen LogP contribution in [0.2, 0.25) is 0 Å². The first-order valence-electron chi connectivity index (χ1n) is 9.44. The third-order valence-corrected chi connectivity index (χ3v) is 4.87. The van der Waals surface area contributed by atoms with Crippen molar-refractivity contribution in [2.24, 2.45) is 0 Å². The highest BCUT2D eigenvalue weighted by Gasteiger charge is 2.19. The molecule has 144 valence electrons. The van der Waals surface area contributed by atoms with Crippen molar-refractivity contribution < 1.29 is 9.26 Å². The summed E-state index contributed by atoms with van der Waals surface area (Å²) in [5, 5.41) is 7.39. The van der Waals surface area contributed by atoms with Crippen LogP contribution in [0.5, 0.6) is 6.01 Å². The van der Waals surface area contributed by atoms with Gasteiger partial charge in [0.15, 0.2) is 0 Å². The summed E-state index contributed by atoms with van der Waals surface area (Å²) < 4.78 is 13.4. The lowest BCUT2D eigenvalue weighted by Crippen LogP contribution is -2.05. The number of hydrogen-bond acceptors (Lipinski definition) is 5. The lowest BCUT2D eigenvalue weighted by molar-refractivity contribution is 0.301. The van der Waals surface area contributed by atoms with Gasteiger partial charge in [0.05, 0.1) is 30.0 Å². The maximum Gasteiger partial charge on any atom is 0.297 e. The molecule has 0 saturated carbocycles. The Kier molecular flexibility index (Phi) is 4.77. The van der Waals surface area contributed by atoms with Crippen molar-refractivity contribution in [2.75, 3.05) is 19.0 Å². The Bertz CT molecular complexity index is 1090. The molecule has 0 saturated heterocycles. The highest BCUT2D eigenvalue weighted by Crippen LogP contribution is 2.36. The van der Waals surface area contributed by atoms with Crippen molar-refractivity contribution in [2.45, 2.75) is 27.3 Å². The van der Waals surface area contributed by atoms with E-state index in [1.54, 1.807) is 0 Å². The molecule has 0 radical (unpaired) electrons. The molecule has 0 spiro atoms. The van der Waals surface area contributed by atoms with Gasteiger partial charge in [0.25, 0.3) is 6.01 Å². The van der Waals surface area contributed by atoms with E-state index in [0.717, 1.165) is 39.3 Å². The fraction of sp³-hybridized carbons (Fsp3) is 0.273. The second kappa shape index (κ2) is 7.38. The predicted octanol–water partition coefficient (Wildman–Crippen LogP) is 4.80. The molecular formula is C22H24N4O2. The van der Waals surface area contributed by atoms with Gasteiger partial charge in [-0.25, -0.2) is 0 Å². The van der Waals surface area contributed by atoms with E-state index in [1.807, 2.05) is 46.0 Å². The van der Waals surface area contributed by atoms with Crippen LogP contribution in [0, 0.1) is 13.8 Å². The Morgan fingerprint density at radius 2 is 1.93 bits per heavy atom. The summed E-state index contributed by atoms with van der Waals surface area (Å²) >= 11 is 0. The minimum absolute atomic E-state index is 0.559. The monoisotopic (exact) mass is 376 g/mol. The first-order valence-corrected chi connectivity index (χ1v) is 9.44. The summed E-state index contributed by atoms with van der Waals surface area (Å²) in [6.07, 6.45) is 0. The Hall–Kier alpha value is -3.28. The van der Waals surface area contributed by atoms with Crippen LogP contribution in [0.4, 0.5) is 5.69 Å². The van der Waals surface area contributed by atoms with Crippen molar-refractivity contribution in [1.82, 2.24) is 14.7 Å². The normalized spacial score (nSPS) is 11.1. The molecule has 0 unspecified atom stereocenters. The molecule has 0 atom stereocenters. The second-order valence-corrected chi connectivity index (χ2v) is 6.74. The number of imidazole rings is 1. The van der Waals surface area contributed by atoms with Gasteiger partial charge in [-0.1, -0.05) is 35.5 Å². The van der Waals surface area contributed by atoms with E-state index >= 15 is 0 Å². The summed E-state index contributed by atoms with van der Waals surface area (Å²) in [5.41, 5.74) is 6.97. The number of benzene rings is 2. The molecule has 0 aliphatic rings. The Morgan fingerprint density at radius 3 is 2.57 bits per heavy atom. The number of aryl methyl sites for hydroxylation is 2. The summed E-state index contributed by atoms with van der Waals surface area (Å²) in [5.74, 6) is 0.804. The van der Waals surface area contributed by atoms with Crippen molar-refractivity contribution >= 4 is 16.7 Å². The van der Waals surface area contributed by atoms with Gasteiger partial charge < -0.3 is 14.6 Å². The van der Waals surface area contributed by atoms with Gasteiger partial charge in [0, 0.05) is 12.6 Å². The summed E-state index contributed by atoms with van der Waals surface area (Å²) in [7, 11) is 1.91. The van der Waals surface area contributed by atoms with E-state index in [-0.39, 0.29) is 0 Å². The van der Waals surface area contributed by atoms with E-state index in [0.29, 0.717) is 19.2 Å². The highest BCUT2D eigenvalue weighted by atomic mass is 16.5. The molecule has 4 aromatic rings. The van der Waals surface area contributed by atoms with E-state index in [2.05, 4.69) is 39.3 Å². The second-order valence-electron chi connectivity index (χ2n) is 6.74. The van der Waals surface area contributed by atoms with Crippen molar-refractivity contribution in [1.29, 1.82) is 0 Å². The molecule has 28 heavy (non-hydrogen) atoms. The van der Waals surface area contributed by atoms with Crippen molar-refractivity contribution in [3.63, 3.8) is 0 Å². The fourth-order valence-corrected chi connectivity index (χ4v) is 3.59. The Balaban J connectivity index is 1.95. The average molecular weight is 376 g/mol. The minimum atomic E-state index is 0.559. The van der Waals surface area contributed by atoms with Gasteiger partial charge in [-0.15, -0.1) is 0 Å².